The number of nitrogen functional groups attached to an aromatic ring is 1. The molecule has 0 aromatic heterocycles. The molecule has 0 saturated carbocycles. The van der Waals surface area contributed by atoms with E-state index in [9.17, 15) is 4.79 Å². The van der Waals surface area contributed by atoms with Crippen molar-refractivity contribution in [3.05, 3.63) is 28.8 Å². The molecular formula is C17H30Cl3N3O. The lowest BCUT2D eigenvalue weighted by atomic mass is 10.1. The second-order valence-corrected chi connectivity index (χ2v) is 6.32. The SMILES string of the molecule is CCN(CC)CCN(CC(C)C)C(=O)c1ccc(N)cc1Cl.Cl.Cl. The van der Waals surface area contributed by atoms with Gasteiger partial charge in [0.1, 0.15) is 0 Å². The maximum atomic E-state index is 12.8. The van der Waals surface area contributed by atoms with Crippen molar-refractivity contribution in [2.45, 2.75) is 27.7 Å². The van der Waals surface area contributed by atoms with Crippen LogP contribution < -0.4 is 5.73 Å². The minimum atomic E-state index is -0.0224. The Morgan fingerprint density at radius 2 is 1.75 bits per heavy atom. The van der Waals surface area contributed by atoms with E-state index in [0.29, 0.717) is 28.7 Å². The Balaban J connectivity index is 0. The van der Waals surface area contributed by atoms with Crippen LogP contribution in [0.4, 0.5) is 5.69 Å². The normalized spacial score (nSPS) is 10.3. The molecule has 140 valence electrons. The average molecular weight is 399 g/mol. The molecule has 0 spiro atoms. The molecule has 0 aliphatic rings. The number of hydrogen-bond acceptors (Lipinski definition) is 3. The summed E-state index contributed by atoms with van der Waals surface area (Å²) in [7, 11) is 0. The van der Waals surface area contributed by atoms with Gasteiger partial charge in [-0.05, 0) is 37.2 Å². The smallest absolute Gasteiger partial charge is 0.255 e. The van der Waals surface area contributed by atoms with E-state index in [1.807, 2.05) is 4.90 Å². The Hall–Kier alpha value is -0.680. The van der Waals surface area contributed by atoms with Gasteiger partial charge in [0.05, 0.1) is 10.6 Å². The van der Waals surface area contributed by atoms with Crippen LogP contribution in [0.3, 0.4) is 0 Å². The summed E-state index contributed by atoms with van der Waals surface area (Å²) in [6, 6.07) is 5.06. The van der Waals surface area contributed by atoms with Gasteiger partial charge in [-0.2, -0.15) is 0 Å². The second-order valence-electron chi connectivity index (χ2n) is 5.91. The number of rotatable bonds is 8. The Morgan fingerprint density at radius 1 is 1.17 bits per heavy atom. The van der Waals surface area contributed by atoms with Gasteiger partial charge >= 0.3 is 0 Å². The first-order valence-corrected chi connectivity index (χ1v) is 8.33. The standard InChI is InChI=1S/C17H28ClN3O.2ClH/c1-5-20(6-2)9-10-21(12-13(3)4)17(22)15-8-7-14(19)11-16(15)18;;/h7-8,11,13H,5-6,9-10,12,19H2,1-4H3;2*1H. The lowest BCUT2D eigenvalue weighted by Gasteiger charge is -2.28. The van der Waals surface area contributed by atoms with E-state index in [1.54, 1.807) is 18.2 Å². The van der Waals surface area contributed by atoms with Gasteiger partial charge < -0.3 is 15.5 Å². The van der Waals surface area contributed by atoms with E-state index in [2.05, 4.69) is 32.6 Å². The first-order valence-electron chi connectivity index (χ1n) is 7.95. The summed E-state index contributed by atoms with van der Waals surface area (Å²) in [6.07, 6.45) is 0. The molecule has 4 nitrogen and oxygen atoms in total. The Morgan fingerprint density at radius 3 is 2.21 bits per heavy atom. The molecule has 0 saturated heterocycles. The minimum Gasteiger partial charge on any atom is -0.399 e. The molecule has 0 aliphatic carbocycles. The van der Waals surface area contributed by atoms with Crippen LogP contribution in [-0.2, 0) is 0 Å². The summed E-state index contributed by atoms with van der Waals surface area (Å²) in [6.45, 7) is 12.8. The van der Waals surface area contributed by atoms with Crippen LogP contribution in [0, 0.1) is 5.92 Å². The van der Waals surface area contributed by atoms with Gasteiger partial charge in [-0.3, -0.25) is 4.79 Å². The second kappa shape index (κ2) is 12.6. The summed E-state index contributed by atoms with van der Waals surface area (Å²) < 4.78 is 0. The van der Waals surface area contributed by atoms with E-state index in [0.717, 1.165) is 26.2 Å². The first-order chi connectivity index (χ1) is 10.4. The number of halogens is 3. The molecule has 0 radical (unpaired) electrons. The van der Waals surface area contributed by atoms with E-state index >= 15 is 0 Å². The minimum absolute atomic E-state index is 0. The van der Waals surface area contributed by atoms with Gasteiger partial charge in [0, 0.05) is 25.3 Å². The monoisotopic (exact) mass is 397 g/mol. The molecule has 0 bridgehead atoms. The largest absolute Gasteiger partial charge is 0.399 e. The van der Waals surface area contributed by atoms with Gasteiger partial charge in [-0.1, -0.05) is 39.3 Å². The highest BCUT2D eigenvalue weighted by Crippen LogP contribution is 2.21. The van der Waals surface area contributed by atoms with E-state index < -0.39 is 0 Å². The van der Waals surface area contributed by atoms with Crippen LogP contribution in [0.1, 0.15) is 38.1 Å². The quantitative estimate of drug-likeness (QED) is 0.667. The zero-order valence-electron chi connectivity index (χ0n) is 14.9. The van der Waals surface area contributed by atoms with Crippen LogP contribution in [0.25, 0.3) is 0 Å². The molecule has 0 unspecified atom stereocenters. The highest BCUT2D eigenvalue weighted by atomic mass is 35.5. The summed E-state index contributed by atoms with van der Waals surface area (Å²) in [5, 5.41) is 0.418. The number of benzene rings is 1. The van der Waals surface area contributed by atoms with Gasteiger partial charge in [0.2, 0.25) is 0 Å². The van der Waals surface area contributed by atoms with Gasteiger partial charge in [-0.25, -0.2) is 0 Å². The molecule has 24 heavy (non-hydrogen) atoms. The van der Waals surface area contributed by atoms with Crippen LogP contribution in [0.2, 0.25) is 5.02 Å². The molecule has 0 atom stereocenters. The number of likely N-dealkylation sites (N-methyl/N-ethyl adjacent to an activating group) is 1. The first kappa shape index (κ1) is 25.6. The molecule has 1 amide bonds. The van der Waals surface area contributed by atoms with Crippen LogP contribution in [0.15, 0.2) is 18.2 Å². The van der Waals surface area contributed by atoms with Crippen molar-refractivity contribution in [3.8, 4) is 0 Å². The number of hydrogen-bond donors (Lipinski definition) is 1. The predicted octanol–water partition coefficient (Wildman–Crippen LogP) is 4.21. The lowest BCUT2D eigenvalue weighted by Crippen LogP contribution is -2.40. The molecule has 1 rings (SSSR count). The Kier molecular flexibility index (Phi) is 13.5. The van der Waals surface area contributed by atoms with Crippen molar-refractivity contribution in [1.29, 1.82) is 0 Å². The molecule has 0 heterocycles. The van der Waals surface area contributed by atoms with Crippen molar-refractivity contribution >= 4 is 48.0 Å². The van der Waals surface area contributed by atoms with Gasteiger partial charge in [-0.15, -0.1) is 24.8 Å². The molecular weight excluding hydrogens is 369 g/mol. The van der Waals surface area contributed by atoms with Crippen molar-refractivity contribution in [1.82, 2.24) is 9.80 Å². The van der Waals surface area contributed by atoms with Crippen LogP contribution in [-0.4, -0.2) is 48.4 Å². The number of nitrogens with two attached hydrogens (primary N) is 1. The number of carbonyl (C=O) groups excluding carboxylic acids is 1. The van der Waals surface area contributed by atoms with Crippen LogP contribution in [0.5, 0.6) is 0 Å². The van der Waals surface area contributed by atoms with Gasteiger partial charge in [0.15, 0.2) is 0 Å². The third-order valence-corrected chi connectivity index (χ3v) is 3.99. The van der Waals surface area contributed by atoms with E-state index in [1.165, 1.54) is 0 Å². The molecule has 1 aromatic rings. The fourth-order valence-electron chi connectivity index (χ4n) is 2.39. The number of carbonyl (C=O) groups is 1. The molecule has 0 fully saturated rings. The number of anilines is 1. The predicted molar refractivity (Wildman–Crippen MR) is 109 cm³/mol. The topological polar surface area (TPSA) is 49.6 Å². The number of amides is 1. The lowest BCUT2D eigenvalue weighted by molar-refractivity contribution is 0.0716. The molecule has 2 N–H and O–H groups in total. The fraction of sp³-hybridized carbons (Fsp3) is 0.588. The van der Waals surface area contributed by atoms with E-state index in [4.69, 9.17) is 17.3 Å². The summed E-state index contributed by atoms with van der Waals surface area (Å²) in [5.41, 5.74) is 6.80. The van der Waals surface area contributed by atoms with E-state index in [-0.39, 0.29) is 30.7 Å². The zero-order valence-corrected chi connectivity index (χ0v) is 17.3. The maximum Gasteiger partial charge on any atom is 0.255 e. The zero-order chi connectivity index (χ0) is 16.7. The van der Waals surface area contributed by atoms with Crippen LogP contribution >= 0.6 is 36.4 Å². The summed E-state index contributed by atoms with van der Waals surface area (Å²) in [5.74, 6) is 0.388. The van der Waals surface area contributed by atoms with Crippen molar-refractivity contribution < 1.29 is 4.79 Å². The molecule has 7 heteroatoms. The van der Waals surface area contributed by atoms with Crippen molar-refractivity contribution in [2.24, 2.45) is 5.92 Å². The fourth-order valence-corrected chi connectivity index (χ4v) is 2.66. The Bertz CT molecular complexity index is 494. The highest BCUT2D eigenvalue weighted by Gasteiger charge is 2.20. The van der Waals surface area contributed by atoms with Gasteiger partial charge in [0.25, 0.3) is 5.91 Å². The molecule has 1 aromatic carbocycles. The summed E-state index contributed by atoms with van der Waals surface area (Å²) in [4.78, 5) is 17.0. The third-order valence-electron chi connectivity index (χ3n) is 3.68. The third kappa shape index (κ3) is 7.93. The highest BCUT2D eigenvalue weighted by molar-refractivity contribution is 6.34. The Labute approximate surface area is 163 Å². The van der Waals surface area contributed by atoms with Crippen molar-refractivity contribution in [2.75, 3.05) is 38.5 Å². The average Bonchev–Trinajstić information content (AvgIpc) is 2.46. The number of nitrogens with zero attached hydrogens (tertiary/aromatic N) is 2. The summed E-state index contributed by atoms with van der Waals surface area (Å²) >= 11 is 6.18. The maximum absolute atomic E-state index is 12.8. The van der Waals surface area contributed by atoms with Crippen molar-refractivity contribution in [3.63, 3.8) is 0 Å². The molecule has 0 aliphatic heterocycles.